The SMILES string of the molecule is Nc1cc(Br)c(Br)c2nsnc12. The van der Waals surface area contributed by atoms with Gasteiger partial charge < -0.3 is 5.73 Å². The van der Waals surface area contributed by atoms with Crippen LogP contribution in [0, 0.1) is 0 Å². The van der Waals surface area contributed by atoms with Crippen LogP contribution in [0.25, 0.3) is 11.0 Å². The lowest BCUT2D eigenvalue weighted by molar-refractivity contribution is 1.57. The zero-order valence-electron chi connectivity index (χ0n) is 5.71. The average Bonchev–Trinajstić information content (AvgIpc) is 2.48. The molecule has 0 bridgehead atoms. The number of nitrogens with zero attached hydrogens (tertiary/aromatic N) is 2. The van der Waals surface area contributed by atoms with Gasteiger partial charge in [-0.3, -0.25) is 0 Å². The molecule has 0 spiro atoms. The minimum atomic E-state index is 0.647. The molecule has 0 saturated heterocycles. The number of nitrogens with two attached hydrogens (primary N) is 1. The van der Waals surface area contributed by atoms with Gasteiger partial charge in [0.05, 0.1) is 21.9 Å². The number of nitrogen functional groups attached to an aromatic ring is 1. The van der Waals surface area contributed by atoms with Gasteiger partial charge in [-0.1, -0.05) is 0 Å². The normalized spacial score (nSPS) is 10.8. The molecule has 6 heteroatoms. The molecule has 0 amide bonds. The van der Waals surface area contributed by atoms with Crippen LogP contribution in [0.1, 0.15) is 0 Å². The summed E-state index contributed by atoms with van der Waals surface area (Å²) in [7, 11) is 0. The van der Waals surface area contributed by atoms with E-state index in [1.54, 1.807) is 0 Å². The first-order chi connectivity index (χ1) is 5.70. The van der Waals surface area contributed by atoms with E-state index in [1.807, 2.05) is 6.07 Å². The van der Waals surface area contributed by atoms with Gasteiger partial charge in [-0.05, 0) is 37.9 Å². The van der Waals surface area contributed by atoms with E-state index in [0.29, 0.717) is 5.69 Å². The van der Waals surface area contributed by atoms with Gasteiger partial charge in [0.15, 0.2) is 0 Å². The van der Waals surface area contributed by atoms with Crippen LogP contribution in [0.5, 0.6) is 0 Å². The van der Waals surface area contributed by atoms with Gasteiger partial charge in [-0.2, -0.15) is 8.75 Å². The van der Waals surface area contributed by atoms with Crippen LogP contribution < -0.4 is 5.73 Å². The summed E-state index contributed by atoms with van der Waals surface area (Å²) >= 11 is 7.92. The monoisotopic (exact) mass is 307 g/mol. The van der Waals surface area contributed by atoms with Crippen molar-refractivity contribution in [2.24, 2.45) is 0 Å². The van der Waals surface area contributed by atoms with Crippen molar-refractivity contribution in [1.82, 2.24) is 8.75 Å². The topological polar surface area (TPSA) is 51.8 Å². The third-order valence-electron chi connectivity index (χ3n) is 1.46. The molecule has 0 aliphatic carbocycles. The highest BCUT2D eigenvalue weighted by atomic mass is 79.9. The predicted octanol–water partition coefficient (Wildman–Crippen LogP) is 2.80. The maximum absolute atomic E-state index is 5.72. The third-order valence-corrected chi connectivity index (χ3v) is 3.95. The molecule has 1 aromatic heterocycles. The molecule has 3 nitrogen and oxygen atoms in total. The summed E-state index contributed by atoms with van der Waals surface area (Å²) in [5.41, 5.74) is 7.94. The lowest BCUT2D eigenvalue weighted by atomic mass is 10.3. The van der Waals surface area contributed by atoms with Crippen LogP contribution in [0.15, 0.2) is 15.0 Å². The van der Waals surface area contributed by atoms with Crippen LogP contribution >= 0.6 is 43.6 Å². The van der Waals surface area contributed by atoms with Gasteiger partial charge in [-0.15, -0.1) is 0 Å². The van der Waals surface area contributed by atoms with Crippen molar-refractivity contribution in [3.8, 4) is 0 Å². The number of anilines is 1. The molecule has 2 aromatic rings. The van der Waals surface area contributed by atoms with Crippen LogP contribution in [0.4, 0.5) is 5.69 Å². The van der Waals surface area contributed by atoms with E-state index in [9.17, 15) is 0 Å². The van der Waals surface area contributed by atoms with Gasteiger partial charge in [-0.25, -0.2) is 0 Å². The molecule has 2 N–H and O–H groups in total. The van der Waals surface area contributed by atoms with E-state index in [0.717, 1.165) is 31.7 Å². The third kappa shape index (κ3) is 1.14. The maximum atomic E-state index is 5.72. The Hall–Kier alpha value is -0.200. The molecule has 0 atom stereocenters. The molecule has 12 heavy (non-hydrogen) atoms. The zero-order chi connectivity index (χ0) is 8.72. The fraction of sp³-hybridized carbons (Fsp3) is 0. The first kappa shape index (κ1) is 8.40. The van der Waals surface area contributed by atoms with E-state index >= 15 is 0 Å². The second kappa shape index (κ2) is 2.93. The Morgan fingerprint density at radius 2 is 1.92 bits per heavy atom. The van der Waals surface area contributed by atoms with Crippen LogP contribution in [0.2, 0.25) is 0 Å². The number of hydrogen-bond acceptors (Lipinski definition) is 4. The molecule has 2 rings (SSSR count). The standard InChI is InChI=1S/C6H3Br2N3S/c7-2-1-3(9)5-6(4(2)8)11-12-10-5/h1H,9H2. The highest BCUT2D eigenvalue weighted by Gasteiger charge is 2.09. The molecule has 0 aliphatic rings. The van der Waals surface area contributed by atoms with Crippen molar-refractivity contribution >= 4 is 60.3 Å². The number of fused-ring (bicyclic) bond motifs is 1. The largest absolute Gasteiger partial charge is 0.397 e. The minimum absolute atomic E-state index is 0.647. The molecule has 0 aliphatic heterocycles. The van der Waals surface area contributed by atoms with Crippen molar-refractivity contribution in [1.29, 1.82) is 0 Å². The summed E-state index contributed by atoms with van der Waals surface area (Å²) in [6.07, 6.45) is 0. The molecular weight excluding hydrogens is 306 g/mol. The summed E-state index contributed by atoms with van der Waals surface area (Å²) in [4.78, 5) is 0. The van der Waals surface area contributed by atoms with E-state index in [2.05, 4.69) is 40.6 Å². The molecule has 0 fully saturated rings. The number of hydrogen-bond donors (Lipinski definition) is 1. The lowest BCUT2D eigenvalue weighted by Crippen LogP contribution is -1.87. The molecule has 0 radical (unpaired) electrons. The van der Waals surface area contributed by atoms with E-state index in [1.165, 1.54) is 0 Å². The molecule has 0 saturated carbocycles. The Bertz CT molecular complexity index is 440. The van der Waals surface area contributed by atoms with Crippen molar-refractivity contribution in [3.05, 3.63) is 15.0 Å². The van der Waals surface area contributed by atoms with Crippen molar-refractivity contribution in [3.63, 3.8) is 0 Å². The molecule has 1 heterocycles. The summed E-state index contributed by atoms with van der Waals surface area (Å²) in [5, 5.41) is 0. The minimum Gasteiger partial charge on any atom is -0.397 e. The Morgan fingerprint density at radius 3 is 2.67 bits per heavy atom. The zero-order valence-corrected chi connectivity index (χ0v) is 9.70. The van der Waals surface area contributed by atoms with Crippen molar-refractivity contribution in [2.45, 2.75) is 0 Å². The van der Waals surface area contributed by atoms with Crippen LogP contribution in [-0.2, 0) is 0 Å². The van der Waals surface area contributed by atoms with E-state index < -0.39 is 0 Å². The number of aromatic nitrogens is 2. The van der Waals surface area contributed by atoms with Gasteiger partial charge in [0, 0.05) is 4.47 Å². The lowest BCUT2D eigenvalue weighted by Gasteiger charge is -1.98. The van der Waals surface area contributed by atoms with Crippen LogP contribution in [-0.4, -0.2) is 8.75 Å². The molecule has 1 aromatic carbocycles. The quantitative estimate of drug-likeness (QED) is 0.761. The fourth-order valence-corrected chi connectivity index (χ4v) is 2.42. The van der Waals surface area contributed by atoms with Gasteiger partial charge in [0.2, 0.25) is 0 Å². The summed E-state index contributed by atoms with van der Waals surface area (Å²) in [6, 6.07) is 1.81. The van der Waals surface area contributed by atoms with Gasteiger partial charge in [0.25, 0.3) is 0 Å². The van der Waals surface area contributed by atoms with Gasteiger partial charge >= 0.3 is 0 Å². The molecule has 62 valence electrons. The summed E-state index contributed by atoms with van der Waals surface area (Å²) in [6.45, 7) is 0. The molecular formula is C6H3Br2N3S. The number of halogens is 2. The Kier molecular flexibility index (Phi) is 2.05. The maximum Gasteiger partial charge on any atom is 0.128 e. The second-order valence-corrected chi connectivity index (χ2v) is 4.40. The first-order valence-corrected chi connectivity index (χ1v) is 5.37. The van der Waals surface area contributed by atoms with E-state index in [-0.39, 0.29) is 0 Å². The average molecular weight is 309 g/mol. The van der Waals surface area contributed by atoms with Crippen molar-refractivity contribution in [2.75, 3.05) is 5.73 Å². The Morgan fingerprint density at radius 1 is 1.25 bits per heavy atom. The van der Waals surface area contributed by atoms with Gasteiger partial charge in [0.1, 0.15) is 11.0 Å². The molecule has 0 unspecified atom stereocenters. The Labute approximate surface area is 89.5 Å². The van der Waals surface area contributed by atoms with Crippen LogP contribution in [0.3, 0.4) is 0 Å². The highest BCUT2D eigenvalue weighted by Crippen LogP contribution is 2.33. The van der Waals surface area contributed by atoms with E-state index in [4.69, 9.17) is 5.73 Å². The smallest absolute Gasteiger partial charge is 0.128 e. The number of benzene rings is 1. The predicted molar refractivity (Wildman–Crippen MR) is 57.2 cm³/mol. The second-order valence-electron chi connectivity index (χ2n) is 2.22. The summed E-state index contributed by atoms with van der Waals surface area (Å²) < 4.78 is 9.99. The number of rotatable bonds is 0. The first-order valence-electron chi connectivity index (χ1n) is 3.06. The highest BCUT2D eigenvalue weighted by molar-refractivity contribution is 9.13. The fourth-order valence-electron chi connectivity index (χ4n) is 0.903. The van der Waals surface area contributed by atoms with Crippen molar-refractivity contribution < 1.29 is 0 Å². The summed E-state index contributed by atoms with van der Waals surface area (Å²) in [5.74, 6) is 0. The Balaban J connectivity index is 2.97.